The molecule has 2 heterocycles. The van der Waals surface area contributed by atoms with Gasteiger partial charge in [-0.3, -0.25) is 4.79 Å². The summed E-state index contributed by atoms with van der Waals surface area (Å²) in [6.45, 7) is 8.08. The number of aromatic amines is 1. The number of rotatable bonds is 5. The number of esters is 1. The van der Waals surface area contributed by atoms with Gasteiger partial charge in [0.25, 0.3) is 5.56 Å². The molecule has 0 saturated carbocycles. The van der Waals surface area contributed by atoms with Gasteiger partial charge in [0.15, 0.2) is 5.69 Å². The predicted octanol–water partition coefficient (Wildman–Crippen LogP) is 3.44. The Bertz CT molecular complexity index is 1030. The Balaban J connectivity index is 2.21. The van der Waals surface area contributed by atoms with E-state index in [-0.39, 0.29) is 17.9 Å². The first kappa shape index (κ1) is 17.9. The second kappa shape index (κ2) is 7.15. The Morgan fingerprint density at radius 3 is 2.65 bits per heavy atom. The smallest absolute Gasteiger partial charge is 0.359 e. The molecule has 6 heteroatoms. The maximum absolute atomic E-state index is 12.7. The number of benzene rings is 1. The van der Waals surface area contributed by atoms with Crippen molar-refractivity contribution in [1.29, 1.82) is 0 Å². The monoisotopic (exact) mass is 353 g/mol. The number of nitrogens with zero attached hydrogens (tertiary/aromatic N) is 2. The van der Waals surface area contributed by atoms with Crippen molar-refractivity contribution in [3.63, 3.8) is 0 Å². The van der Waals surface area contributed by atoms with E-state index in [1.807, 2.05) is 39.0 Å². The molecule has 0 aliphatic carbocycles. The van der Waals surface area contributed by atoms with E-state index in [9.17, 15) is 9.59 Å². The summed E-state index contributed by atoms with van der Waals surface area (Å²) in [5.74, 6) is -0.494. The maximum Gasteiger partial charge on any atom is 0.359 e. The molecule has 0 radical (unpaired) electrons. The molecule has 0 saturated heterocycles. The molecule has 6 nitrogen and oxygen atoms in total. The fraction of sp³-hybridized carbons (Fsp3) is 0.350. The minimum atomic E-state index is -0.494. The van der Waals surface area contributed by atoms with Crippen LogP contribution in [0.2, 0.25) is 0 Å². The number of carbonyl (C=O) groups excluding carboxylic acids is 1. The Kier molecular flexibility index (Phi) is 4.93. The van der Waals surface area contributed by atoms with Crippen LogP contribution in [0.5, 0.6) is 0 Å². The highest BCUT2D eigenvalue weighted by Crippen LogP contribution is 2.22. The molecule has 0 atom stereocenters. The van der Waals surface area contributed by atoms with E-state index in [0.717, 1.165) is 17.5 Å². The van der Waals surface area contributed by atoms with Gasteiger partial charge in [0.2, 0.25) is 0 Å². The molecular formula is C20H23N3O3. The van der Waals surface area contributed by atoms with Crippen LogP contribution in [-0.2, 0) is 11.2 Å². The summed E-state index contributed by atoms with van der Waals surface area (Å²) in [7, 11) is 0. The van der Waals surface area contributed by atoms with Crippen LogP contribution in [0.4, 0.5) is 0 Å². The quantitative estimate of drug-likeness (QED) is 0.713. The summed E-state index contributed by atoms with van der Waals surface area (Å²) < 4.78 is 6.60. The van der Waals surface area contributed by atoms with Crippen molar-refractivity contribution in [3.05, 3.63) is 57.1 Å². The molecule has 0 spiro atoms. The number of aromatic nitrogens is 3. The van der Waals surface area contributed by atoms with Gasteiger partial charge in [-0.25, -0.2) is 9.31 Å². The highest BCUT2D eigenvalue weighted by atomic mass is 16.5. The van der Waals surface area contributed by atoms with E-state index in [4.69, 9.17) is 4.74 Å². The van der Waals surface area contributed by atoms with Crippen LogP contribution < -0.4 is 5.56 Å². The molecule has 2 aromatic heterocycles. The molecule has 136 valence electrons. The largest absolute Gasteiger partial charge is 0.461 e. The minimum Gasteiger partial charge on any atom is -0.461 e. The zero-order valence-corrected chi connectivity index (χ0v) is 15.5. The summed E-state index contributed by atoms with van der Waals surface area (Å²) in [6, 6.07) is 6.00. The first-order chi connectivity index (χ1) is 12.5. The normalized spacial score (nSPS) is 11.1. The summed E-state index contributed by atoms with van der Waals surface area (Å²) in [5, 5.41) is 4.36. The SMILES string of the molecule is CCCc1c(C(=O)OCC)nn2cc(-c3ccc(C)c(C)c3)[nH]c(=O)c12. The second-order valence-electron chi connectivity index (χ2n) is 6.39. The third-order valence-corrected chi connectivity index (χ3v) is 4.51. The fourth-order valence-electron chi connectivity index (χ4n) is 3.05. The average Bonchev–Trinajstić information content (AvgIpc) is 2.97. The van der Waals surface area contributed by atoms with Gasteiger partial charge in [-0.15, -0.1) is 0 Å². The van der Waals surface area contributed by atoms with Crippen molar-refractivity contribution in [2.45, 2.75) is 40.5 Å². The van der Waals surface area contributed by atoms with Crippen LogP contribution >= 0.6 is 0 Å². The lowest BCUT2D eigenvalue weighted by atomic mass is 10.0. The van der Waals surface area contributed by atoms with Gasteiger partial charge in [0, 0.05) is 5.56 Å². The van der Waals surface area contributed by atoms with Gasteiger partial charge in [-0.05, 0) is 49.9 Å². The number of nitrogens with one attached hydrogen (secondary N) is 1. The average molecular weight is 353 g/mol. The molecule has 3 aromatic rings. The zero-order chi connectivity index (χ0) is 18.8. The number of ether oxygens (including phenoxy) is 1. The topological polar surface area (TPSA) is 76.5 Å². The molecule has 0 aliphatic heterocycles. The number of fused-ring (bicyclic) bond motifs is 1. The van der Waals surface area contributed by atoms with E-state index in [1.165, 1.54) is 10.1 Å². The number of aryl methyl sites for hydroxylation is 3. The van der Waals surface area contributed by atoms with Crippen LogP contribution in [0, 0.1) is 13.8 Å². The molecule has 3 rings (SSSR count). The van der Waals surface area contributed by atoms with E-state index in [1.54, 1.807) is 13.1 Å². The molecule has 26 heavy (non-hydrogen) atoms. The number of carbonyl (C=O) groups is 1. The predicted molar refractivity (Wildman–Crippen MR) is 101 cm³/mol. The van der Waals surface area contributed by atoms with Gasteiger partial charge < -0.3 is 9.72 Å². The molecular weight excluding hydrogens is 330 g/mol. The maximum atomic E-state index is 12.7. The van der Waals surface area contributed by atoms with E-state index in [2.05, 4.69) is 10.1 Å². The lowest BCUT2D eigenvalue weighted by molar-refractivity contribution is 0.0518. The summed E-state index contributed by atoms with van der Waals surface area (Å²) in [6.07, 6.45) is 3.14. The summed E-state index contributed by atoms with van der Waals surface area (Å²) in [4.78, 5) is 27.9. The number of H-pyrrole nitrogens is 1. The highest BCUT2D eigenvalue weighted by Gasteiger charge is 2.22. The summed E-state index contributed by atoms with van der Waals surface area (Å²) >= 11 is 0. The third-order valence-electron chi connectivity index (χ3n) is 4.51. The van der Waals surface area contributed by atoms with Gasteiger partial charge in [-0.1, -0.05) is 25.5 Å². The third kappa shape index (κ3) is 3.14. The van der Waals surface area contributed by atoms with Crippen molar-refractivity contribution in [2.75, 3.05) is 6.61 Å². The van der Waals surface area contributed by atoms with E-state index < -0.39 is 5.97 Å². The Morgan fingerprint density at radius 1 is 1.23 bits per heavy atom. The molecule has 0 fully saturated rings. The Labute approximate surface area is 151 Å². The van der Waals surface area contributed by atoms with Crippen LogP contribution in [0.25, 0.3) is 16.8 Å². The molecule has 1 aromatic carbocycles. The van der Waals surface area contributed by atoms with Gasteiger partial charge >= 0.3 is 5.97 Å². The Hall–Kier alpha value is -2.89. The van der Waals surface area contributed by atoms with E-state index in [0.29, 0.717) is 23.2 Å². The fourth-order valence-corrected chi connectivity index (χ4v) is 3.05. The molecule has 1 N–H and O–H groups in total. The van der Waals surface area contributed by atoms with Crippen molar-refractivity contribution < 1.29 is 9.53 Å². The minimum absolute atomic E-state index is 0.219. The number of hydrogen-bond donors (Lipinski definition) is 1. The van der Waals surface area contributed by atoms with Crippen LogP contribution in [0.1, 0.15) is 47.4 Å². The van der Waals surface area contributed by atoms with Crippen LogP contribution in [0.15, 0.2) is 29.2 Å². The summed E-state index contributed by atoms with van der Waals surface area (Å²) in [5.41, 5.74) is 4.89. The molecule has 0 amide bonds. The van der Waals surface area contributed by atoms with Crippen LogP contribution in [0.3, 0.4) is 0 Å². The standard InChI is InChI=1S/C20H23N3O3/c1-5-7-15-17(20(25)26-6-2)22-23-11-16(21-19(24)18(15)23)14-9-8-12(3)13(4)10-14/h8-11H,5-7H2,1-4H3,(H,21,24). The first-order valence-corrected chi connectivity index (χ1v) is 8.85. The number of hydrogen-bond acceptors (Lipinski definition) is 4. The van der Waals surface area contributed by atoms with Crippen LogP contribution in [-0.4, -0.2) is 27.2 Å². The van der Waals surface area contributed by atoms with Gasteiger partial charge in [0.1, 0.15) is 5.52 Å². The van der Waals surface area contributed by atoms with E-state index >= 15 is 0 Å². The molecule has 0 unspecified atom stereocenters. The van der Waals surface area contributed by atoms with Crippen molar-refractivity contribution in [3.8, 4) is 11.3 Å². The highest BCUT2D eigenvalue weighted by molar-refractivity contribution is 5.91. The lowest BCUT2D eigenvalue weighted by Crippen LogP contribution is -2.12. The molecule has 0 bridgehead atoms. The van der Waals surface area contributed by atoms with Gasteiger partial charge in [-0.2, -0.15) is 5.10 Å². The molecule has 0 aliphatic rings. The lowest BCUT2D eigenvalue weighted by Gasteiger charge is -2.06. The second-order valence-corrected chi connectivity index (χ2v) is 6.39. The van der Waals surface area contributed by atoms with Crippen molar-refractivity contribution >= 4 is 11.5 Å². The van der Waals surface area contributed by atoms with Crippen molar-refractivity contribution in [2.24, 2.45) is 0 Å². The van der Waals surface area contributed by atoms with Crippen molar-refractivity contribution in [1.82, 2.24) is 14.6 Å². The Morgan fingerprint density at radius 2 is 2.00 bits per heavy atom. The first-order valence-electron chi connectivity index (χ1n) is 8.85. The zero-order valence-electron chi connectivity index (χ0n) is 15.5. The van der Waals surface area contributed by atoms with Gasteiger partial charge in [0.05, 0.1) is 18.5 Å².